The molecule has 0 bridgehead atoms. The predicted molar refractivity (Wildman–Crippen MR) is 138 cm³/mol. The molecule has 2 aromatic carbocycles. The normalized spacial score (nSPS) is 15.3. The van der Waals surface area contributed by atoms with Gasteiger partial charge in [0.15, 0.2) is 9.84 Å². The maximum atomic E-state index is 13.0. The Morgan fingerprint density at radius 2 is 1.65 bits per heavy atom. The third kappa shape index (κ3) is 5.76. The summed E-state index contributed by atoms with van der Waals surface area (Å²) in [4.78, 5) is 12.9. The number of amides is 1. The molecule has 1 aliphatic rings. The lowest BCUT2D eigenvalue weighted by Gasteiger charge is -2.30. The molecule has 1 heterocycles. The Balaban J connectivity index is 1.46. The molecular formula is C25H30N4O6S2. The van der Waals surface area contributed by atoms with Crippen LogP contribution in [0.15, 0.2) is 62.7 Å². The van der Waals surface area contributed by atoms with Crippen molar-refractivity contribution in [2.75, 3.05) is 12.4 Å². The molecule has 0 radical (unpaired) electrons. The van der Waals surface area contributed by atoms with E-state index < -0.39 is 31.0 Å². The van der Waals surface area contributed by atoms with Gasteiger partial charge in [-0.3, -0.25) is 10.1 Å². The minimum atomic E-state index is -3.67. The molecule has 3 aromatic rings. The summed E-state index contributed by atoms with van der Waals surface area (Å²) in [5.74, 6) is -0.515. The topological polar surface area (TPSA) is 140 Å². The zero-order valence-electron chi connectivity index (χ0n) is 20.9. The summed E-state index contributed by atoms with van der Waals surface area (Å²) in [6.07, 6.45) is 4.86. The Bertz CT molecular complexity index is 1480. The molecule has 37 heavy (non-hydrogen) atoms. The molecule has 1 amide bonds. The number of rotatable bonds is 8. The number of aromatic nitrogens is 2. The molecule has 1 aromatic heterocycles. The van der Waals surface area contributed by atoms with Crippen molar-refractivity contribution in [3.8, 4) is 11.5 Å². The van der Waals surface area contributed by atoms with Crippen LogP contribution in [-0.4, -0.2) is 55.6 Å². The first-order chi connectivity index (χ1) is 17.5. The molecule has 1 aliphatic carbocycles. The van der Waals surface area contributed by atoms with Crippen LogP contribution in [0.3, 0.4) is 0 Å². The molecule has 4 rings (SSSR count). The third-order valence-corrected chi connectivity index (χ3v) is 10.6. The lowest BCUT2D eigenvalue weighted by atomic mass is 9.96. The predicted octanol–water partition coefficient (Wildman–Crippen LogP) is 4.12. The highest BCUT2D eigenvalue weighted by atomic mass is 32.2. The monoisotopic (exact) mass is 546 g/mol. The number of sulfonamides is 1. The fourth-order valence-electron chi connectivity index (χ4n) is 4.22. The van der Waals surface area contributed by atoms with Crippen molar-refractivity contribution < 1.29 is 26.0 Å². The second-order valence-corrected chi connectivity index (χ2v) is 13.8. The van der Waals surface area contributed by atoms with Crippen molar-refractivity contribution in [2.24, 2.45) is 0 Å². The summed E-state index contributed by atoms with van der Waals surface area (Å²) in [7, 11) is -5.55. The molecule has 12 heteroatoms. The summed E-state index contributed by atoms with van der Waals surface area (Å²) in [5, 5.41) is 9.61. The Kier molecular flexibility index (Phi) is 7.81. The van der Waals surface area contributed by atoms with E-state index in [-0.39, 0.29) is 33.3 Å². The van der Waals surface area contributed by atoms with Gasteiger partial charge in [-0.25, -0.2) is 16.8 Å². The maximum absolute atomic E-state index is 13.0. The van der Waals surface area contributed by atoms with Crippen molar-refractivity contribution in [1.29, 1.82) is 0 Å². The van der Waals surface area contributed by atoms with Crippen LogP contribution in [0.2, 0.25) is 0 Å². The number of hydrogen-bond donors (Lipinski definition) is 1. The van der Waals surface area contributed by atoms with Crippen molar-refractivity contribution in [2.45, 2.75) is 67.0 Å². The number of carbonyl (C=O) groups excluding carboxylic acids is 1. The van der Waals surface area contributed by atoms with E-state index in [2.05, 4.69) is 15.5 Å². The molecule has 1 saturated carbocycles. The highest BCUT2D eigenvalue weighted by Gasteiger charge is 2.29. The SMILES string of the molecule is CC(C)S(=O)(=O)c1cccc(-c2nnc(NC(=O)c3ccc(S(=O)(=O)N(C)C4CCCCC4)cc3)o2)c1. The van der Waals surface area contributed by atoms with Gasteiger partial charge in [-0.15, -0.1) is 5.10 Å². The minimum absolute atomic E-state index is 0.0142. The first-order valence-electron chi connectivity index (χ1n) is 12.1. The van der Waals surface area contributed by atoms with Crippen LogP contribution in [0.1, 0.15) is 56.3 Å². The highest BCUT2D eigenvalue weighted by molar-refractivity contribution is 7.92. The van der Waals surface area contributed by atoms with Crippen LogP contribution in [0.25, 0.3) is 11.5 Å². The second kappa shape index (κ2) is 10.7. The summed E-state index contributed by atoms with van der Waals surface area (Å²) < 4.78 is 57.9. The zero-order chi connectivity index (χ0) is 26.8. The number of nitrogens with zero attached hydrogens (tertiary/aromatic N) is 3. The van der Waals surface area contributed by atoms with Crippen LogP contribution in [0.5, 0.6) is 0 Å². The van der Waals surface area contributed by atoms with Gasteiger partial charge >= 0.3 is 6.01 Å². The number of benzene rings is 2. The highest BCUT2D eigenvalue weighted by Crippen LogP contribution is 2.27. The fraction of sp³-hybridized carbons (Fsp3) is 0.400. The molecule has 0 spiro atoms. The van der Waals surface area contributed by atoms with E-state index in [0.29, 0.717) is 5.56 Å². The van der Waals surface area contributed by atoms with Gasteiger partial charge in [0.25, 0.3) is 5.91 Å². The zero-order valence-corrected chi connectivity index (χ0v) is 22.5. The van der Waals surface area contributed by atoms with Gasteiger partial charge in [-0.1, -0.05) is 30.4 Å². The van der Waals surface area contributed by atoms with Crippen LogP contribution in [0, 0.1) is 0 Å². The first-order valence-corrected chi connectivity index (χ1v) is 15.1. The standard InChI is InChI=1S/C25H30N4O6S2/c1-17(2)36(31,32)22-11-7-8-19(16-22)24-27-28-25(35-24)26-23(30)18-12-14-21(15-13-18)37(33,34)29(3)20-9-5-4-6-10-20/h7-8,11-17,20H,4-6,9-10H2,1-3H3,(H,26,28,30). The number of anilines is 1. The van der Waals surface area contributed by atoms with E-state index in [1.165, 1.54) is 40.7 Å². The average molecular weight is 547 g/mol. The number of sulfone groups is 1. The Labute approximate surface area is 217 Å². The number of hydrogen-bond acceptors (Lipinski definition) is 8. The van der Waals surface area contributed by atoms with Gasteiger partial charge in [0, 0.05) is 24.2 Å². The summed E-state index contributed by atoms with van der Waals surface area (Å²) in [6, 6.07) is 11.6. The van der Waals surface area contributed by atoms with E-state index in [0.717, 1.165) is 32.1 Å². The van der Waals surface area contributed by atoms with Crippen LogP contribution in [0.4, 0.5) is 6.01 Å². The molecule has 1 N–H and O–H groups in total. The van der Waals surface area contributed by atoms with Crippen molar-refractivity contribution in [1.82, 2.24) is 14.5 Å². The van der Waals surface area contributed by atoms with E-state index in [4.69, 9.17) is 4.42 Å². The minimum Gasteiger partial charge on any atom is -0.403 e. The van der Waals surface area contributed by atoms with E-state index in [9.17, 15) is 21.6 Å². The molecule has 0 unspecified atom stereocenters. The molecule has 0 aliphatic heterocycles. The summed E-state index contributed by atoms with van der Waals surface area (Å²) >= 11 is 0. The van der Waals surface area contributed by atoms with Crippen LogP contribution < -0.4 is 5.32 Å². The molecule has 1 fully saturated rings. The molecule has 0 atom stereocenters. The van der Waals surface area contributed by atoms with Gasteiger partial charge in [0.05, 0.1) is 15.0 Å². The van der Waals surface area contributed by atoms with Gasteiger partial charge in [-0.2, -0.15) is 4.31 Å². The Morgan fingerprint density at radius 3 is 2.30 bits per heavy atom. The molecule has 10 nitrogen and oxygen atoms in total. The summed E-state index contributed by atoms with van der Waals surface area (Å²) in [6.45, 7) is 3.19. The third-order valence-electron chi connectivity index (χ3n) is 6.56. The smallest absolute Gasteiger partial charge is 0.322 e. The van der Waals surface area contributed by atoms with E-state index >= 15 is 0 Å². The quantitative estimate of drug-likeness (QED) is 0.445. The van der Waals surface area contributed by atoms with Gasteiger partial charge in [0.1, 0.15) is 0 Å². The molecular weight excluding hydrogens is 516 g/mol. The van der Waals surface area contributed by atoms with Crippen LogP contribution >= 0.6 is 0 Å². The van der Waals surface area contributed by atoms with Gasteiger partial charge in [0.2, 0.25) is 15.9 Å². The Hall–Kier alpha value is -3.09. The second-order valence-electron chi connectivity index (χ2n) is 9.33. The van der Waals surface area contributed by atoms with Gasteiger partial charge in [-0.05, 0) is 69.2 Å². The van der Waals surface area contributed by atoms with E-state index in [1.807, 2.05) is 0 Å². The lowest BCUT2D eigenvalue weighted by molar-refractivity contribution is 0.102. The van der Waals surface area contributed by atoms with Gasteiger partial charge < -0.3 is 4.42 Å². The first kappa shape index (κ1) is 27.0. The van der Waals surface area contributed by atoms with Crippen molar-refractivity contribution >= 4 is 31.8 Å². The van der Waals surface area contributed by atoms with E-state index in [1.54, 1.807) is 33.0 Å². The summed E-state index contributed by atoms with van der Waals surface area (Å²) in [5.41, 5.74) is 0.607. The lowest BCUT2D eigenvalue weighted by Crippen LogP contribution is -2.38. The van der Waals surface area contributed by atoms with Crippen molar-refractivity contribution in [3.63, 3.8) is 0 Å². The number of carbonyl (C=O) groups is 1. The fourth-order valence-corrected chi connectivity index (χ4v) is 6.74. The average Bonchev–Trinajstić information content (AvgIpc) is 3.37. The number of nitrogens with one attached hydrogen (secondary N) is 1. The molecule has 0 saturated heterocycles. The van der Waals surface area contributed by atoms with Crippen molar-refractivity contribution in [3.05, 3.63) is 54.1 Å². The molecule has 198 valence electrons. The Morgan fingerprint density at radius 1 is 0.973 bits per heavy atom. The van der Waals surface area contributed by atoms with Crippen LogP contribution in [-0.2, 0) is 19.9 Å². The largest absolute Gasteiger partial charge is 0.403 e. The maximum Gasteiger partial charge on any atom is 0.322 e.